The number of hydrogen-bond acceptors (Lipinski definition) is 2. The van der Waals surface area contributed by atoms with Gasteiger partial charge in [-0.2, -0.15) is 13.2 Å². The highest BCUT2D eigenvalue weighted by molar-refractivity contribution is 5.19. The van der Waals surface area contributed by atoms with Gasteiger partial charge in [-0.25, -0.2) is 0 Å². The van der Waals surface area contributed by atoms with E-state index in [2.05, 4.69) is 19.2 Å². The number of benzene rings is 1. The van der Waals surface area contributed by atoms with Crippen LogP contribution in [0, 0.1) is 5.92 Å². The van der Waals surface area contributed by atoms with E-state index in [4.69, 9.17) is 4.74 Å². The second-order valence-electron chi connectivity index (χ2n) is 5.53. The molecule has 0 radical (unpaired) electrons. The minimum atomic E-state index is -4.19. The monoisotopic (exact) mass is 303 g/mol. The van der Waals surface area contributed by atoms with Crippen LogP contribution in [0.3, 0.4) is 0 Å². The predicted octanol–water partition coefficient (Wildman–Crippen LogP) is 4.33. The molecular formula is C16H24F3NO. The smallest absolute Gasteiger partial charge is 0.380 e. The molecule has 0 saturated heterocycles. The summed E-state index contributed by atoms with van der Waals surface area (Å²) in [5.74, 6) is 0.570. The molecule has 0 saturated carbocycles. The van der Waals surface area contributed by atoms with Gasteiger partial charge in [-0.3, -0.25) is 0 Å². The van der Waals surface area contributed by atoms with Gasteiger partial charge in [-0.05, 0) is 17.9 Å². The van der Waals surface area contributed by atoms with Gasteiger partial charge >= 0.3 is 6.18 Å². The molecule has 1 aromatic rings. The third-order valence-electron chi connectivity index (χ3n) is 3.11. The highest BCUT2D eigenvalue weighted by Gasteiger charge is 2.32. The molecule has 120 valence electrons. The number of alkyl halides is 3. The number of ether oxygens (including phenoxy) is 1. The molecule has 1 rings (SSSR count). The van der Waals surface area contributed by atoms with E-state index in [9.17, 15) is 13.2 Å². The van der Waals surface area contributed by atoms with Crippen LogP contribution in [0.5, 0.6) is 0 Å². The molecule has 0 spiro atoms. The lowest BCUT2D eigenvalue weighted by molar-refractivity contribution is -0.140. The average Bonchev–Trinajstić information content (AvgIpc) is 2.40. The van der Waals surface area contributed by atoms with E-state index in [0.29, 0.717) is 31.2 Å². The minimum Gasteiger partial charge on any atom is -0.380 e. The summed E-state index contributed by atoms with van der Waals surface area (Å²) in [7, 11) is 0. The zero-order valence-electron chi connectivity index (χ0n) is 12.6. The quantitative estimate of drug-likeness (QED) is 0.686. The van der Waals surface area contributed by atoms with Crippen LogP contribution in [0.15, 0.2) is 30.3 Å². The molecule has 0 fully saturated rings. The first-order chi connectivity index (χ1) is 9.88. The van der Waals surface area contributed by atoms with E-state index in [1.807, 2.05) is 0 Å². The fourth-order valence-corrected chi connectivity index (χ4v) is 1.95. The molecule has 5 heteroatoms. The van der Waals surface area contributed by atoms with Gasteiger partial charge in [-0.1, -0.05) is 44.2 Å². The summed E-state index contributed by atoms with van der Waals surface area (Å²) in [6.07, 6.45) is -4.10. The summed E-state index contributed by atoms with van der Waals surface area (Å²) in [5, 5.41) is 2.94. The standard InChI is InChI=1S/C16H24F3NO/c1-13(2)8-10-21-11-9-20-15(12-16(17,18)19)14-6-4-3-5-7-14/h3-7,13,15,20H,8-12H2,1-2H3. The van der Waals surface area contributed by atoms with E-state index >= 15 is 0 Å². The largest absolute Gasteiger partial charge is 0.390 e. The molecule has 0 amide bonds. The molecule has 1 unspecified atom stereocenters. The van der Waals surface area contributed by atoms with Gasteiger partial charge in [0.2, 0.25) is 0 Å². The van der Waals surface area contributed by atoms with Gasteiger partial charge in [0.25, 0.3) is 0 Å². The zero-order valence-corrected chi connectivity index (χ0v) is 12.6. The van der Waals surface area contributed by atoms with Crippen LogP contribution in [0.25, 0.3) is 0 Å². The molecule has 0 heterocycles. The Labute approximate surface area is 124 Å². The molecule has 0 aliphatic rings. The number of halogens is 3. The third-order valence-corrected chi connectivity index (χ3v) is 3.11. The second kappa shape index (κ2) is 9.05. The molecule has 0 aliphatic heterocycles. The van der Waals surface area contributed by atoms with Crippen LogP contribution in [-0.2, 0) is 4.74 Å². The van der Waals surface area contributed by atoms with Crippen LogP contribution >= 0.6 is 0 Å². The predicted molar refractivity (Wildman–Crippen MR) is 78.1 cm³/mol. The highest BCUT2D eigenvalue weighted by Crippen LogP contribution is 2.29. The lowest BCUT2D eigenvalue weighted by Crippen LogP contribution is -2.29. The lowest BCUT2D eigenvalue weighted by Gasteiger charge is -2.21. The highest BCUT2D eigenvalue weighted by atomic mass is 19.4. The SMILES string of the molecule is CC(C)CCOCCNC(CC(F)(F)F)c1ccccc1. The minimum absolute atomic E-state index is 0.410. The first-order valence-electron chi connectivity index (χ1n) is 7.31. The van der Waals surface area contributed by atoms with Crippen molar-refractivity contribution in [1.29, 1.82) is 0 Å². The maximum absolute atomic E-state index is 12.6. The van der Waals surface area contributed by atoms with Crippen molar-refractivity contribution in [3.05, 3.63) is 35.9 Å². The third kappa shape index (κ3) is 8.73. The Morgan fingerprint density at radius 2 is 1.76 bits per heavy atom. The van der Waals surface area contributed by atoms with E-state index in [0.717, 1.165) is 6.42 Å². The normalized spacial score (nSPS) is 13.6. The Kier molecular flexibility index (Phi) is 7.75. The van der Waals surface area contributed by atoms with E-state index in [1.54, 1.807) is 30.3 Å². The fourth-order valence-electron chi connectivity index (χ4n) is 1.95. The molecule has 2 nitrogen and oxygen atoms in total. The van der Waals surface area contributed by atoms with Crippen molar-refractivity contribution >= 4 is 0 Å². The van der Waals surface area contributed by atoms with Gasteiger partial charge < -0.3 is 10.1 Å². The zero-order chi connectivity index (χ0) is 15.7. The van der Waals surface area contributed by atoms with Crippen LogP contribution in [0.2, 0.25) is 0 Å². The number of hydrogen-bond donors (Lipinski definition) is 1. The summed E-state index contributed by atoms with van der Waals surface area (Å²) in [6.45, 7) is 5.70. The Bertz CT molecular complexity index is 379. The molecule has 0 aromatic heterocycles. The Morgan fingerprint density at radius 3 is 2.33 bits per heavy atom. The maximum Gasteiger partial charge on any atom is 0.390 e. The van der Waals surface area contributed by atoms with Crippen LogP contribution in [0.4, 0.5) is 13.2 Å². The van der Waals surface area contributed by atoms with Crippen molar-refractivity contribution in [2.75, 3.05) is 19.8 Å². The van der Waals surface area contributed by atoms with Crippen molar-refractivity contribution in [3.63, 3.8) is 0 Å². The molecule has 21 heavy (non-hydrogen) atoms. The summed E-state index contributed by atoms with van der Waals surface area (Å²) in [5.41, 5.74) is 0.650. The van der Waals surface area contributed by atoms with Gasteiger partial charge in [-0.15, -0.1) is 0 Å². The molecule has 1 aromatic carbocycles. The van der Waals surface area contributed by atoms with Crippen molar-refractivity contribution in [2.24, 2.45) is 5.92 Å². The summed E-state index contributed by atoms with van der Waals surface area (Å²) >= 11 is 0. The number of nitrogens with one attached hydrogen (secondary N) is 1. The fraction of sp³-hybridized carbons (Fsp3) is 0.625. The lowest BCUT2D eigenvalue weighted by atomic mass is 10.0. The van der Waals surface area contributed by atoms with Crippen molar-refractivity contribution in [1.82, 2.24) is 5.32 Å². The topological polar surface area (TPSA) is 21.3 Å². The van der Waals surface area contributed by atoms with Gasteiger partial charge in [0.15, 0.2) is 0 Å². The first-order valence-corrected chi connectivity index (χ1v) is 7.31. The van der Waals surface area contributed by atoms with Crippen molar-refractivity contribution in [3.8, 4) is 0 Å². The molecular weight excluding hydrogens is 279 g/mol. The summed E-state index contributed by atoms with van der Waals surface area (Å²) < 4.78 is 43.3. The number of rotatable bonds is 9. The van der Waals surface area contributed by atoms with E-state index in [1.165, 1.54) is 0 Å². The molecule has 0 aliphatic carbocycles. The van der Waals surface area contributed by atoms with Gasteiger partial charge in [0, 0.05) is 19.2 Å². The van der Waals surface area contributed by atoms with Gasteiger partial charge in [0.05, 0.1) is 13.0 Å². The summed E-state index contributed by atoms with van der Waals surface area (Å²) in [6, 6.07) is 7.99. The van der Waals surface area contributed by atoms with Gasteiger partial charge in [0.1, 0.15) is 0 Å². The van der Waals surface area contributed by atoms with E-state index < -0.39 is 18.6 Å². The van der Waals surface area contributed by atoms with Crippen LogP contribution in [-0.4, -0.2) is 25.9 Å². The van der Waals surface area contributed by atoms with Crippen molar-refractivity contribution in [2.45, 2.75) is 38.9 Å². The Balaban J connectivity index is 2.40. The Hall–Kier alpha value is -1.07. The van der Waals surface area contributed by atoms with Crippen LogP contribution < -0.4 is 5.32 Å². The van der Waals surface area contributed by atoms with Crippen molar-refractivity contribution < 1.29 is 17.9 Å². The maximum atomic E-state index is 12.6. The first kappa shape index (κ1) is 18.0. The second-order valence-corrected chi connectivity index (χ2v) is 5.53. The van der Waals surface area contributed by atoms with Crippen LogP contribution in [0.1, 0.15) is 38.3 Å². The van der Waals surface area contributed by atoms with E-state index in [-0.39, 0.29) is 0 Å². The molecule has 1 N–H and O–H groups in total. The molecule has 1 atom stereocenters. The average molecular weight is 303 g/mol. The molecule has 0 bridgehead atoms. The summed E-state index contributed by atoms with van der Waals surface area (Å²) in [4.78, 5) is 0. The Morgan fingerprint density at radius 1 is 1.10 bits per heavy atom.